The van der Waals surface area contributed by atoms with Crippen LogP contribution in [0.15, 0.2) is 60.0 Å². The average molecular weight is 356 g/mol. The summed E-state index contributed by atoms with van der Waals surface area (Å²) in [6.45, 7) is 3.33. The summed E-state index contributed by atoms with van der Waals surface area (Å²) in [7, 11) is 0. The maximum Gasteiger partial charge on any atom is 0.247 e. The molecule has 0 radical (unpaired) electrons. The molecule has 1 heterocycles. The summed E-state index contributed by atoms with van der Waals surface area (Å²) in [5.74, 6) is -0.596. The monoisotopic (exact) mass is 356 g/mol. The molecule has 0 spiro atoms. The molecule has 1 unspecified atom stereocenters. The van der Waals surface area contributed by atoms with Crippen LogP contribution in [0.3, 0.4) is 0 Å². The molecule has 128 valence electrons. The maximum absolute atomic E-state index is 13.8. The molecule has 2 N–H and O–H groups in total. The smallest absolute Gasteiger partial charge is 0.247 e. The second kappa shape index (κ2) is 7.53. The van der Waals surface area contributed by atoms with E-state index in [2.05, 4.69) is 17.2 Å². The highest BCUT2D eigenvalue weighted by Gasteiger charge is 2.26. The van der Waals surface area contributed by atoms with Gasteiger partial charge in [-0.2, -0.15) is 0 Å². The highest BCUT2D eigenvalue weighted by molar-refractivity contribution is 7.99. The van der Waals surface area contributed by atoms with Crippen LogP contribution in [0.1, 0.15) is 17.9 Å². The van der Waals surface area contributed by atoms with Gasteiger partial charge in [-0.15, -0.1) is 11.8 Å². The van der Waals surface area contributed by atoms with Gasteiger partial charge in [-0.25, -0.2) is 4.39 Å². The van der Waals surface area contributed by atoms with E-state index in [0.717, 1.165) is 28.7 Å². The number of hydrogen-bond acceptors (Lipinski definition) is 3. The standard InChI is InChI=1S/C19H17FN2O2S/c1-2-18(23)22-16-11-12(7-8-15(16)20)21-19(24)14-9-10-25-17-6-4-3-5-13(14)17/h2-8,11,14H,1,9-10H2,(H,21,24)(H,22,23). The fourth-order valence-corrected chi connectivity index (χ4v) is 3.85. The molecule has 2 amide bonds. The van der Waals surface area contributed by atoms with E-state index in [1.54, 1.807) is 11.8 Å². The van der Waals surface area contributed by atoms with Crippen LogP contribution < -0.4 is 10.6 Å². The molecule has 6 heteroatoms. The van der Waals surface area contributed by atoms with Gasteiger partial charge in [-0.05, 0) is 48.1 Å². The third-order valence-corrected chi connectivity index (χ3v) is 5.07. The molecule has 1 aliphatic rings. The molecule has 25 heavy (non-hydrogen) atoms. The Hall–Kier alpha value is -2.60. The second-order valence-corrected chi connectivity index (χ2v) is 6.74. The average Bonchev–Trinajstić information content (AvgIpc) is 2.63. The Balaban J connectivity index is 1.79. The summed E-state index contributed by atoms with van der Waals surface area (Å²) in [4.78, 5) is 25.2. The minimum Gasteiger partial charge on any atom is -0.325 e. The molecule has 1 aliphatic heterocycles. The molecule has 0 saturated heterocycles. The third-order valence-electron chi connectivity index (χ3n) is 3.95. The maximum atomic E-state index is 13.8. The summed E-state index contributed by atoms with van der Waals surface area (Å²) >= 11 is 1.74. The number of thioether (sulfide) groups is 1. The van der Waals surface area contributed by atoms with Crippen molar-refractivity contribution in [2.24, 2.45) is 0 Å². The van der Waals surface area contributed by atoms with Gasteiger partial charge in [-0.3, -0.25) is 9.59 Å². The quantitative estimate of drug-likeness (QED) is 0.809. The van der Waals surface area contributed by atoms with Crippen LogP contribution in [0.4, 0.5) is 15.8 Å². The number of anilines is 2. The zero-order valence-electron chi connectivity index (χ0n) is 13.4. The topological polar surface area (TPSA) is 58.2 Å². The number of carbonyl (C=O) groups excluding carboxylic acids is 2. The van der Waals surface area contributed by atoms with Gasteiger partial charge in [0.15, 0.2) is 0 Å². The minimum absolute atomic E-state index is 0.00213. The van der Waals surface area contributed by atoms with Crippen LogP contribution in [0.2, 0.25) is 0 Å². The van der Waals surface area contributed by atoms with E-state index in [1.165, 1.54) is 18.2 Å². The van der Waals surface area contributed by atoms with Crippen molar-refractivity contribution in [3.8, 4) is 0 Å². The van der Waals surface area contributed by atoms with Gasteiger partial charge < -0.3 is 10.6 Å². The van der Waals surface area contributed by atoms with Gasteiger partial charge in [0.05, 0.1) is 11.6 Å². The molecular weight excluding hydrogens is 339 g/mol. The van der Waals surface area contributed by atoms with Crippen LogP contribution >= 0.6 is 11.8 Å². The summed E-state index contributed by atoms with van der Waals surface area (Å²) in [6.07, 6.45) is 1.80. The largest absolute Gasteiger partial charge is 0.325 e. The summed E-state index contributed by atoms with van der Waals surface area (Å²) < 4.78 is 13.8. The van der Waals surface area contributed by atoms with Gasteiger partial charge >= 0.3 is 0 Å². The van der Waals surface area contributed by atoms with E-state index in [1.807, 2.05) is 24.3 Å². The van der Waals surface area contributed by atoms with Crippen molar-refractivity contribution in [3.63, 3.8) is 0 Å². The second-order valence-electron chi connectivity index (χ2n) is 5.60. The number of carbonyl (C=O) groups is 2. The number of nitrogens with one attached hydrogen (secondary N) is 2. The van der Waals surface area contributed by atoms with Crippen LogP contribution in [-0.2, 0) is 9.59 Å². The molecule has 2 aromatic rings. The van der Waals surface area contributed by atoms with Gasteiger partial charge in [0.25, 0.3) is 0 Å². The van der Waals surface area contributed by atoms with Crippen LogP contribution in [-0.4, -0.2) is 17.6 Å². The minimum atomic E-state index is -0.576. The molecular formula is C19H17FN2O2S. The zero-order valence-corrected chi connectivity index (χ0v) is 14.2. The van der Waals surface area contributed by atoms with Gasteiger partial charge in [0.1, 0.15) is 5.82 Å². The molecule has 0 fully saturated rings. The first kappa shape index (κ1) is 17.2. The lowest BCUT2D eigenvalue weighted by atomic mass is 9.95. The lowest BCUT2D eigenvalue weighted by Gasteiger charge is -2.24. The Morgan fingerprint density at radius 2 is 2.00 bits per heavy atom. The first-order valence-electron chi connectivity index (χ1n) is 7.84. The lowest BCUT2D eigenvalue weighted by molar-refractivity contribution is -0.117. The van der Waals surface area contributed by atoms with Crippen LogP contribution in [0.5, 0.6) is 0 Å². The van der Waals surface area contributed by atoms with Crippen molar-refractivity contribution < 1.29 is 14.0 Å². The van der Waals surface area contributed by atoms with Crippen molar-refractivity contribution in [2.75, 3.05) is 16.4 Å². The predicted molar refractivity (Wildman–Crippen MR) is 98.4 cm³/mol. The Kier molecular flexibility index (Phi) is 5.19. The van der Waals surface area contributed by atoms with E-state index in [0.29, 0.717) is 5.69 Å². The van der Waals surface area contributed by atoms with Crippen molar-refractivity contribution in [1.82, 2.24) is 0 Å². The molecule has 0 saturated carbocycles. The molecule has 0 aliphatic carbocycles. The number of fused-ring (bicyclic) bond motifs is 1. The first-order valence-corrected chi connectivity index (χ1v) is 8.82. The van der Waals surface area contributed by atoms with E-state index < -0.39 is 11.7 Å². The van der Waals surface area contributed by atoms with Crippen molar-refractivity contribution in [1.29, 1.82) is 0 Å². The Morgan fingerprint density at radius 3 is 2.80 bits per heavy atom. The molecule has 2 aromatic carbocycles. The normalized spacial score (nSPS) is 15.8. The molecule has 1 atom stereocenters. The summed E-state index contributed by atoms with van der Waals surface area (Å²) in [5, 5.41) is 5.20. The number of rotatable bonds is 4. The fraction of sp³-hybridized carbons (Fsp3) is 0.158. The number of benzene rings is 2. The molecule has 0 aromatic heterocycles. The Labute approximate surface area is 149 Å². The van der Waals surface area contributed by atoms with Crippen molar-refractivity contribution in [2.45, 2.75) is 17.2 Å². The number of hydrogen-bond donors (Lipinski definition) is 2. The fourth-order valence-electron chi connectivity index (χ4n) is 2.73. The molecule has 0 bridgehead atoms. The molecule has 3 rings (SSSR count). The Morgan fingerprint density at radius 1 is 1.20 bits per heavy atom. The highest BCUT2D eigenvalue weighted by atomic mass is 32.2. The van der Waals surface area contributed by atoms with E-state index in [4.69, 9.17) is 0 Å². The van der Waals surface area contributed by atoms with Crippen molar-refractivity contribution >= 4 is 35.0 Å². The van der Waals surface area contributed by atoms with Gasteiger partial charge in [0, 0.05) is 10.6 Å². The first-order chi connectivity index (χ1) is 12.1. The van der Waals surface area contributed by atoms with E-state index in [-0.39, 0.29) is 17.5 Å². The number of amides is 2. The van der Waals surface area contributed by atoms with E-state index >= 15 is 0 Å². The van der Waals surface area contributed by atoms with Crippen molar-refractivity contribution in [3.05, 3.63) is 66.5 Å². The van der Waals surface area contributed by atoms with Gasteiger partial charge in [0.2, 0.25) is 11.8 Å². The number of halogens is 1. The highest BCUT2D eigenvalue weighted by Crippen LogP contribution is 2.38. The van der Waals surface area contributed by atoms with Crippen LogP contribution in [0.25, 0.3) is 0 Å². The lowest BCUT2D eigenvalue weighted by Crippen LogP contribution is -2.24. The zero-order chi connectivity index (χ0) is 17.8. The molecule has 4 nitrogen and oxygen atoms in total. The SMILES string of the molecule is C=CC(=O)Nc1cc(NC(=O)C2CCSc3ccccc32)ccc1F. The summed E-state index contributed by atoms with van der Waals surface area (Å²) in [5.41, 5.74) is 1.45. The summed E-state index contributed by atoms with van der Waals surface area (Å²) in [6, 6.07) is 11.9. The van der Waals surface area contributed by atoms with Crippen LogP contribution in [0, 0.1) is 5.82 Å². The third kappa shape index (κ3) is 3.91. The Bertz CT molecular complexity index is 838. The predicted octanol–water partition coefficient (Wildman–Crippen LogP) is 4.17. The van der Waals surface area contributed by atoms with E-state index in [9.17, 15) is 14.0 Å². The van der Waals surface area contributed by atoms with Gasteiger partial charge in [-0.1, -0.05) is 24.8 Å².